The summed E-state index contributed by atoms with van der Waals surface area (Å²) < 4.78 is 0. The Morgan fingerprint density at radius 3 is 2.89 bits per heavy atom. The number of allylic oxidation sites excluding steroid dienone is 2. The van der Waals surface area contributed by atoms with E-state index in [0.717, 1.165) is 16.9 Å². The van der Waals surface area contributed by atoms with Crippen molar-refractivity contribution in [2.45, 2.75) is 12.5 Å². The van der Waals surface area contributed by atoms with Crippen LogP contribution in [0.15, 0.2) is 53.8 Å². The molecular weight excluding hydrogens is 228 g/mol. The number of hydrogen-bond acceptors (Lipinski definition) is 3. The van der Waals surface area contributed by atoms with Gasteiger partial charge in [0.1, 0.15) is 0 Å². The fourth-order valence-electron chi connectivity index (χ4n) is 2.31. The highest BCUT2D eigenvalue weighted by atomic mass is 16.6. The number of anilines is 1. The van der Waals surface area contributed by atoms with Crippen LogP contribution in [-0.4, -0.2) is 10.5 Å². The summed E-state index contributed by atoms with van der Waals surface area (Å²) in [7, 11) is 0. The highest BCUT2D eigenvalue weighted by molar-refractivity contribution is 5.80. The topological polar surface area (TPSA) is 55.2 Å². The van der Waals surface area contributed by atoms with Crippen molar-refractivity contribution in [2.75, 3.05) is 5.32 Å². The van der Waals surface area contributed by atoms with Gasteiger partial charge in [0.25, 0.3) is 5.54 Å². The maximum atomic E-state index is 11.3. The zero-order chi connectivity index (χ0) is 12.8. The number of rotatable bonds is 1. The van der Waals surface area contributed by atoms with E-state index in [9.17, 15) is 10.1 Å². The molecule has 4 nitrogen and oxygen atoms in total. The summed E-state index contributed by atoms with van der Waals surface area (Å²) in [4.78, 5) is 11.0. The van der Waals surface area contributed by atoms with Crippen molar-refractivity contribution in [3.8, 4) is 0 Å². The second kappa shape index (κ2) is 3.57. The van der Waals surface area contributed by atoms with Gasteiger partial charge in [0.2, 0.25) is 0 Å². The highest BCUT2D eigenvalue weighted by Gasteiger charge is 2.43. The van der Waals surface area contributed by atoms with Gasteiger partial charge >= 0.3 is 0 Å². The zero-order valence-electron chi connectivity index (χ0n) is 9.88. The molecule has 0 spiro atoms. The molecule has 1 N–H and O–H groups in total. The van der Waals surface area contributed by atoms with Crippen LogP contribution in [0, 0.1) is 10.1 Å². The Morgan fingerprint density at radius 1 is 1.33 bits per heavy atom. The van der Waals surface area contributed by atoms with E-state index in [-0.39, 0.29) is 4.92 Å². The molecule has 1 aliphatic carbocycles. The quantitative estimate of drug-likeness (QED) is 0.606. The van der Waals surface area contributed by atoms with Crippen molar-refractivity contribution in [1.82, 2.24) is 0 Å². The molecule has 1 aliphatic heterocycles. The van der Waals surface area contributed by atoms with Crippen LogP contribution in [0.5, 0.6) is 0 Å². The van der Waals surface area contributed by atoms with Crippen LogP contribution in [-0.2, 0) is 0 Å². The molecule has 2 aliphatic rings. The van der Waals surface area contributed by atoms with E-state index >= 15 is 0 Å². The Morgan fingerprint density at radius 2 is 2.11 bits per heavy atom. The first-order chi connectivity index (χ1) is 8.61. The smallest absolute Gasteiger partial charge is 0.264 e. The van der Waals surface area contributed by atoms with Gasteiger partial charge in [-0.2, -0.15) is 0 Å². The van der Waals surface area contributed by atoms with Crippen LogP contribution < -0.4 is 5.32 Å². The van der Waals surface area contributed by atoms with Crippen molar-refractivity contribution in [2.24, 2.45) is 0 Å². The van der Waals surface area contributed by atoms with E-state index in [1.165, 1.54) is 0 Å². The molecule has 0 aromatic heterocycles. The molecule has 90 valence electrons. The molecule has 1 heterocycles. The summed E-state index contributed by atoms with van der Waals surface area (Å²) in [5.74, 6) is 0. The number of benzene rings is 1. The van der Waals surface area contributed by atoms with E-state index in [2.05, 4.69) is 5.32 Å². The highest BCUT2D eigenvalue weighted by Crippen LogP contribution is 2.38. The van der Waals surface area contributed by atoms with E-state index < -0.39 is 5.54 Å². The molecule has 0 saturated heterocycles. The number of para-hydroxylation sites is 1. The Kier molecular flexibility index (Phi) is 2.13. The molecule has 1 atom stereocenters. The van der Waals surface area contributed by atoms with Crippen molar-refractivity contribution >= 4 is 11.8 Å². The van der Waals surface area contributed by atoms with Gasteiger partial charge in [-0.05, 0) is 29.9 Å². The first-order valence-electron chi connectivity index (χ1n) is 5.74. The van der Waals surface area contributed by atoms with Gasteiger partial charge < -0.3 is 5.32 Å². The van der Waals surface area contributed by atoms with Gasteiger partial charge in [0.05, 0.1) is 5.57 Å². The van der Waals surface area contributed by atoms with E-state index in [1.54, 1.807) is 19.1 Å². The third-order valence-corrected chi connectivity index (χ3v) is 3.43. The monoisotopic (exact) mass is 240 g/mol. The first kappa shape index (κ1) is 10.8. The van der Waals surface area contributed by atoms with Crippen LogP contribution in [0.25, 0.3) is 6.08 Å². The third kappa shape index (κ3) is 1.39. The molecule has 0 radical (unpaired) electrons. The number of nitrogens with one attached hydrogen (secondary N) is 1. The Bertz CT molecular complexity index is 628. The normalized spacial score (nSPS) is 24.3. The lowest BCUT2D eigenvalue weighted by Gasteiger charge is -2.29. The molecule has 18 heavy (non-hydrogen) atoms. The maximum Gasteiger partial charge on any atom is 0.264 e. The van der Waals surface area contributed by atoms with Crippen LogP contribution in [0.1, 0.15) is 12.5 Å². The Labute approximate surface area is 104 Å². The average molecular weight is 240 g/mol. The van der Waals surface area contributed by atoms with E-state index in [0.29, 0.717) is 5.57 Å². The largest absolute Gasteiger partial charge is 0.355 e. The molecule has 4 heteroatoms. The summed E-state index contributed by atoms with van der Waals surface area (Å²) in [5.41, 5.74) is 2.30. The molecular formula is C14H12N2O2. The number of nitrogens with zero attached hydrogens (tertiary/aromatic N) is 1. The standard InChI is InChI=1S/C14H12N2O2/c1-14(16(17)18)8-4-7-13-11(14)9-10-5-2-3-6-12(10)15-13/h2-9,15H,1H3. The maximum absolute atomic E-state index is 11.3. The summed E-state index contributed by atoms with van der Waals surface area (Å²) in [5, 5.41) is 14.5. The fourth-order valence-corrected chi connectivity index (χ4v) is 2.31. The molecule has 0 fully saturated rings. The van der Waals surface area contributed by atoms with Gasteiger partial charge in [-0.3, -0.25) is 10.1 Å². The summed E-state index contributed by atoms with van der Waals surface area (Å²) >= 11 is 0. The zero-order valence-corrected chi connectivity index (χ0v) is 9.88. The SMILES string of the molecule is CC1([N+](=O)[O-])C=CC=C2Nc3ccccc3C=C21. The summed E-state index contributed by atoms with van der Waals surface area (Å²) in [6, 6.07) is 7.78. The molecule has 1 unspecified atom stereocenters. The van der Waals surface area contributed by atoms with Crippen LogP contribution >= 0.6 is 0 Å². The lowest BCUT2D eigenvalue weighted by atomic mass is 9.83. The van der Waals surface area contributed by atoms with E-state index in [1.807, 2.05) is 36.4 Å². The summed E-state index contributed by atoms with van der Waals surface area (Å²) in [6.07, 6.45) is 7.12. The average Bonchev–Trinajstić information content (AvgIpc) is 2.37. The van der Waals surface area contributed by atoms with Crippen molar-refractivity contribution in [3.05, 3.63) is 69.4 Å². The van der Waals surface area contributed by atoms with Gasteiger partial charge in [-0.1, -0.05) is 24.3 Å². The minimum absolute atomic E-state index is 0.252. The number of hydrogen-bond donors (Lipinski definition) is 1. The van der Waals surface area contributed by atoms with Gasteiger partial charge in [-0.25, -0.2) is 0 Å². The molecule has 1 aromatic carbocycles. The minimum atomic E-state index is -1.16. The molecule has 1 aromatic rings. The van der Waals surface area contributed by atoms with Crippen LogP contribution in [0.3, 0.4) is 0 Å². The fraction of sp³-hybridized carbons (Fsp3) is 0.143. The number of fused-ring (bicyclic) bond motifs is 2. The lowest BCUT2D eigenvalue weighted by molar-refractivity contribution is -0.538. The van der Waals surface area contributed by atoms with Crippen LogP contribution in [0.2, 0.25) is 0 Å². The van der Waals surface area contributed by atoms with Crippen molar-refractivity contribution in [1.29, 1.82) is 0 Å². The minimum Gasteiger partial charge on any atom is -0.355 e. The van der Waals surface area contributed by atoms with E-state index in [4.69, 9.17) is 0 Å². The Hall–Kier alpha value is -2.36. The molecule has 0 saturated carbocycles. The van der Waals surface area contributed by atoms with Gasteiger partial charge in [0.15, 0.2) is 0 Å². The third-order valence-electron chi connectivity index (χ3n) is 3.43. The second-order valence-electron chi connectivity index (χ2n) is 4.61. The predicted octanol–water partition coefficient (Wildman–Crippen LogP) is 2.98. The molecule has 3 rings (SSSR count). The first-order valence-corrected chi connectivity index (χ1v) is 5.74. The summed E-state index contributed by atoms with van der Waals surface area (Å²) in [6.45, 7) is 1.62. The lowest BCUT2D eigenvalue weighted by Crippen LogP contribution is -2.38. The van der Waals surface area contributed by atoms with Crippen LogP contribution in [0.4, 0.5) is 5.69 Å². The molecule has 0 bridgehead atoms. The van der Waals surface area contributed by atoms with Gasteiger partial charge in [-0.15, -0.1) is 0 Å². The molecule has 0 amide bonds. The van der Waals surface area contributed by atoms with Gasteiger partial charge in [0, 0.05) is 23.2 Å². The van der Waals surface area contributed by atoms with Crippen molar-refractivity contribution in [3.63, 3.8) is 0 Å². The van der Waals surface area contributed by atoms with Crippen molar-refractivity contribution < 1.29 is 4.92 Å². The predicted molar refractivity (Wildman–Crippen MR) is 70.7 cm³/mol. The Balaban J connectivity index is 2.20. The number of nitro groups is 1. The second-order valence-corrected chi connectivity index (χ2v) is 4.61.